The van der Waals surface area contributed by atoms with Crippen LogP contribution in [0, 0.1) is 25.2 Å². The van der Waals surface area contributed by atoms with E-state index in [-0.39, 0.29) is 5.91 Å². The summed E-state index contributed by atoms with van der Waals surface area (Å²) in [6.07, 6.45) is 0.688. The highest BCUT2D eigenvalue weighted by Crippen LogP contribution is 2.23. The molecule has 0 aliphatic carbocycles. The molecule has 0 N–H and O–H groups in total. The molecular formula is C17H19N3O. The molecule has 1 heterocycles. The van der Waals surface area contributed by atoms with Gasteiger partial charge in [0, 0.05) is 24.7 Å². The molecule has 0 bridgehead atoms. The Hall–Kier alpha value is -2.41. The number of benzene rings is 1. The predicted molar refractivity (Wildman–Crippen MR) is 82.8 cm³/mol. The van der Waals surface area contributed by atoms with Crippen LogP contribution in [0.1, 0.15) is 23.2 Å². The predicted octanol–water partition coefficient (Wildman–Crippen LogP) is 2.77. The van der Waals surface area contributed by atoms with Crippen LogP contribution in [0.2, 0.25) is 0 Å². The van der Waals surface area contributed by atoms with Gasteiger partial charge in [-0.15, -0.1) is 0 Å². The number of amides is 1. The van der Waals surface area contributed by atoms with Gasteiger partial charge in [-0.2, -0.15) is 5.26 Å². The summed E-state index contributed by atoms with van der Waals surface area (Å²) < 4.78 is 0. The van der Waals surface area contributed by atoms with Crippen LogP contribution in [0.3, 0.4) is 0 Å². The SMILES string of the molecule is Cc1nc2ccccc2c(C)c1CC(=O)N(C)CCC#N. The smallest absolute Gasteiger partial charge is 0.226 e. The summed E-state index contributed by atoms with van der Waals surface area (Å²) in [6, 6.07) is 10.0. The van der Waals surface area contributed by atoms with E-state index in [9.17, 15) is 4.79 Å². The summed E-state index contributed by atoms with van der Waals surface area (Å²) in [5, 5.41) is 9.68. The molecule has 0 aliphatic rings. The number of para-hydroxylation sites is 1. The second-order valence-electron chi connectivity index (χ2n) is 5.22. The van der Waals surface area contributed by atoms with E-state index in [1.807, 2.05) is 38.1 Å². The third kappa shape index (κ3) is 3.19. The summed E-state index contributed by atoms with van der Waals surface area (Å²) in [5.74, 6) is 0.0218. The Balaban J connectivity index is 2.30. The molecule has 108 valence electrons. The van der Waals surface area contributed by atoms with Gasteiger partial charge in [0.15, 0.2) is 0 Å². The quantitative estimate of drug-likeness (QED) is 0.866. The Morgan fingerprint density at radius 1 is 1.33 bits per heavy atom. The molecular weight excluding hydrogens is 262 g/mol. The molecule has 2 aromatic rings. The lowest BCUT2D eigenvalue weighted by Gasteiger charge is -2.18. The third-order valence-corrected chi connectivity index (χ3v) is 3.80. The van der Waals surface area contributed by atoms with E-state index in [0.29, 0.717) is 19.4 Å². The summed E-state index contributed by atoms with van der Waals surface area (Å²) in [7, 11) is 1.73. The van der Waals surface area contributed by atoms with Crippen molar-refractivity contribution < 1.29 is 4.79 Å². The molecule has 0 fully saturated rings. The number of likely N-dealkylation sites (N-methyl/N-ethyl adjacent to an activating group) is 1. The molecule has 0 spiro atoms. The molecule has 2 rings (SSSR count). The highest BCUT2D eigenvalue weighted by atomic mass is 16.2. The molecule has 1 amide bonds. The van der Waals surface area contributed by atoms with Gasteiger partial charge >= 0.3 is 0 Å². The van der Waals surface area contributed by atoms with E-state index in [0.717, 1.165) is 27.7 Å². The first-order valence-electron chi connectivity index (χ1n) is 7.00. The average Bonchev–Trinajstić information content (AvgIpc) is 2.48. The maximum absolute atomic E-state index is 12.2. The lowest BCUT2D eigenvalue weighted by molar-refractivity contribution is -0.129. The van der Waals surface area contributed by atoms with E-state index >= 15 is 0 Å². The fourth-order valence-corrected chi connectivity index (χ4v) is 2.46. The van der Waals surface area contributed by atoms with Gasteiger partial charge in [0.2, 0.25) is 5.91 Å². The minimum atomic E-state index is 0.0218. The van der Waals surface area contributed by atoms with Gasteiger partial charge in [0.1, 0.15) is 0 Å². The molecule has 4 nitrogen and oxygen atoms in total. The number of hydrogen-bond donors (Lipinski definition) is 0. The lowest BCUT2D eigenvalue weighted by atomic mass is 9.99. The van der Waals surface area contributed by atoms with Crippen molar-refractivity contribution in [2.75, 3.05) is 13.6 Å². The van der Waals surface area contributed by atoms with Crippen molar-refractivity contribution in [2.24, 2.45) is 0 Å². The number of nitriles is 1. The molecule has 1 aromatic heterocycles. The highest BCUT2D eigenvalue weighted by Gasteiger charge is 2.15. The van der Waals surface area contributed by atoms with E-state index in [2.05, 4.69) is 11.1 Å². The van der Waals surface area contributed by atoms with E-state index in [4.69, 9.17) is 5.26 Å². The minimum absolute atomic E-state index is 0.0218. The van der Waals surface area contributed by atoms with Crippen molar-refractivity contribution in [3.8, 4) is 6.07 Å². The Morgan fingerprint density at radius 2 is 2.05 bits per heavy atom. The summed E-state index contributed by atoms with van der Waals surface area (Å²) in [4.78, 5) is 18.4. The minimum Gasteiger partial charge on any atom is -0.344 e. The maximum Gasteiger partial charge on any atom is 0.226 e. The van der Waals surface area contributed by atoms with Crippen LogP contribution in [-0.4, -0.2) is 29.4 Å². The zero-order valence-electron chi connectivity index (χ0n) is 12.7. The molecule has 0 radical (unpaired) electrons. The number of carbonyl (C=O) groups excluding carboxylic acids is 1. The van der Waals surface area contributed by atoms with Crippen molar-refractivity contribution in [3.05, 3.63) is 41.1 Å². The van der Waals surface area contributed by atoms with Crippen LogP contribution in [-0.2, 0) is 11.2 Å². The van der Waals surface area contributed by atoms with Crippen molar-refractivity contribution in [3.63, 3.8) is 0 Å². The fraction of sp³-hybridized carbons (Fsp3) is 0.353. The molecule has 0 aliphatic heterocycles. The first kappa shape index (κ1) is 15.0. The van der Waals surface area contributed by atoms with E-state index < -0.39 is 0 Å². The Bertz CT molecular complexity index is 716. The largest absolute Gasteiger partial charge is 0.344 e. The number of carbonyl (C=O) groups is 1. The molecule has 4 heteroatoms. The Morgan fingerprint density at radius 3 is 2.76 bits per heavy atom. The Kier molecular flexibility index (Phi) is 4.54. The van der Waals surface area contributed by atoms with Crippen LogP contribution >= 0.6 is 0 Å². The van der Waals surface area contributed by atoms with Gasteiger partial charge < -0.3 is 4.90 Å². The molecule has 21 heavy (non-hydrogen) atoms. The Labute approximate surface area is 125 Å². The van der Waals surface area contributed by atoms with Crippen LogP contribution in [0.25, 0.3) is 10.9 Å². The molecule has 0 saturated heterocycles. The summed E-state index contributed by atoms with van der Waals surface area (Å²) in [5.41, 5.74) is 3.96. The zero-order valence-corrected chi connectivity index (χ0v) is 12.7. The molecule has 0 saturated carbocycles. The van der Waals surface area contributed by atoms with Crippen LogP contribution in [0.15, 0.2) is 24.3 Å². The number of hydrogen-bond acceptors (Lipinski definition) is 3. The van der Waals surface area contributed by atoms with Crippen molar-refractivity contribution in [1.29, 1.82) is 5.26 Å². The summed E-state index contributed by atoms with van der Waals surface area (Å²) in [6.45, 7) is 4.45. The number of fused-ring (bicyclic) bond motifs is 1. The summed E-state index contributed by atoms with van der Waals surface area (Å²) >= 11 is 0. The maximum atomic E-state index is 12.2. The van der Waals surface area contributed by atoms with Crippen molar-refractivity contribution >= 4 is 16.8 Å². The van der Waals surface area contributed by atoms with Gasteiger partial charge in [-0.25, -0.2) is 0 Å². The van der Waals surface area contributed by atoms with Gasteiger partial charge in [-0.1, -0.05) is 18.2 Å². The van der Waals surface area contributed by atoms with Crippen LogP contribution < -0.4 is 0 Å². The highest BCUT2D eigenvalue weighted by molar-refractivity contribution is 5.86. The van der Waals surface area contributed by atoms with Gasteiger partial charge in [-0.3, -0.25) is 9.78 Å². The topological polar surface area (TPSA) is 57.0 Å². The number of pyridine rings is 1. The average molecular weight is 281 g/mol. The molecule has 1 aromatic carbocycles. The second kappa shape index (κ2) is 6.36. The van der Waals surface area contributed by atoms with Crippen LogP contribution in [0.5, 0.6) is 0 Å². The number of aromatic nitrogens is 1. The van der Waals surface area contributed by atoms with Gasteiger partial charge in [0.25, 0.3) is 0 Å². The number of aryl methyl sites for hydroxylation is 2. The molecule has 0 unspecified atom stereocenters. The number of nitrogens with zero attached hydrogens (tertiary/aromatic N) is 3. The third-order valence-electron chi connectivity index (χ3n) is 3.80. The monoisotopic (exact) mass is 281 g/mol. The first-order chi connectivity index (χ1) is 10.0. The normalized spacial score (nSPS) is 10.4. The van der Waals surface area contributed by atoms with E-state index in [1.54, 1.807) is 11.9 Å². The second-order valence-corrected chi connectivity index (χ2v) is 5.22. The van der Waals surface area contributed by atoms with E-state index in [1.165, 1.54) is 0 Å². The zero-order chi connectivity index (χ0) is 15.4. The first-order valence-corrected chi connectivity index (χ1v) is 7.00. The van der Waals surface area contributed by atoms with Gasteiger partial charge in [-0.05, 0) is 31.0 Å². The van der Waals surface area contributed by atoms with Crippen LogP contribution in [0.4, 0.5) is 0 Å². The van der Waals surface area contributed by atoms with Gasteiger partial charge in [0.05, 0.1) is 24.4 Å². The standard InChI is InChI=1S/C17H19N3O/c1-12-14-7-4-5-8-16(14)19-13(2)15(12)11-17(21)20(3)10-6-9-18/h4-5,7-8H,6,10-11H2,1-3H3. The lowest BCUT2D eigenvalue weighted by Crippen LogP contribution is -2.29. The number of rotatable bonds is 4. The fourth-order valence-electron chi connectivity index (χ4n) is 2.46. The van der Waals surface area contributed by atoms with Crippen molar-refractivity contribution in [1.82, 2.24) is 9.88 Å². The van der Waals surface area contributed by atoms with Crippen molar-refractivity contribution in [2.45, 2.75) is 26.7 Å². The molecule has 0 atom stereocenters.